The van der Waals surface area contributed by atoms with Crippen LogP contribution in [0.1, 0.15) is 80.6 Å². The molecule has 3 unspecified atom stereocenters. The molecule has 0 N–H and O–H groups in total. The highest BCUT2D eigenvalue weighted by atomic mass is 14.5. The highest BCUT2D eigenvalue weighted by Crippen LogP contribution is 2.52. The summed E-state index contributed by atoms with van der Waals surface area (Å²) in [6, 6.07) is 0. The standard InChI is InChI=1S/C17H34/c1-8-13-10-14(9-2)15(11-13)17(6,7)12-16(3,4)5/h13-15H,8-12H2,1-7H3. The molecule has 3 atom stereocenters. The molecule has 0 aromatic heterocycles. The molecule has 0 aromatic carbocycles. The Kier molecular flexibility index (Phi) is 4.72. The monoisotopic (exact) mass is 238 g/mol. The summed E-state index contributed by atoms with van der Waals surface area (Å²) < 4.78 is 0. The molecule has 0 radical (unpaired) electrons. The van der Waals surface area contributed by atoms with E-state index in [1.807, 2.05) is 0 Å². The van der Waals surface area contributed by atoms with Crippen LogP contribution in [0.3, 0.4) is 0 Å². The van der Waals surface area contributed by atoms with Crippen LogP contribution >= 0.6 is 0 Å². The lowest BCUT2D eigenvalue weighted by Gasteiger charge is -2.40. The highest BCUT2D eigenvalue weighted by Gasteiger charge is 2.42. The molecule has 102 valence electrons. The Bertz CT molecular complexity index is 231. The zero-order chi connectivity index (χ0) is 13.3. The molecule has 0 aliphatic heterocycles. The van der Waals surface area contributed by atoms with Crippen LogP contribution in [0.2, 0.25) is 0 Å². The second-order valence-electron chi connectivity index (χ2n) is 8.25. The molecule has 0 heterocycles. The quantitative estimate of drug-likeness (QED) is 0.571. The predicted molar refractivity (Wildman–Crippen MR) is 78.1 cm³/mol. The Hall–Kier alpha value is 0. The lowest BCUT2D eigenvalue weighted by atomic mass is 9.65. The molecule has 1 fully saturated rings. The Labute approximate surface area is 110 Å². The van der Waals surface area contributed by atoms with E-state index in [0.29, 0.717) is 10.8 Å². The van der Waals surface area contributed by atoms with Crippen molar-refractivity contribution >= 4 is 0 Å². The van der Waals surface area contributed by atoms with Gasteiger partial charge in [-0.25, -0.2) is 0 Å². The van der Waals surface area contributed by atoms with Gasteiger partial charge in [0, 0.05) is 0 Å². The van der Waals surface area contributed by atoms with Crippen LogP contribution in [0.25, 0.3) is 0 Å². The Morgan fingerprint density at radius 3 is 1.88 bits per heavy atom. The van der Waals surface area contributed by atoms with Crippen molar-refractivity contribution in [3.63, 3.8) is 0 Å². The number of hydrogen-bond donors (Lipinski definition) is 0. The summed E-state index contributed by atoms with van der Waals surface area (Å²) in [5, 5.41) is 0. The van der Waals surface area contributed by atoms with Crippen molar-refractivity contribution in [1.29, 1.82) is 0 Å². The van der Waals surface area contributed by atoms with Crippen molar-refractivity contribution < 1.29 is 0 Å². The number of hydrogen-bond acceptors (Lipinski definition) is 0. The van der Waals surface area contributed by atoms with Crippen LogP contribution in [-0.4, -0.2) is 0 Å². The molecule has 1 aliphatic rings. The van der Waals surface area contributed by atoms with E-state index < -0.39 is 0 Å². The van der Waals surface area contributed by atoms with Crippen molar-refractivity contribution in [2.75, 3.05) is 0 Å². The smallest absolute Gasteiger partial charge is 0.0318 e. The van der Waals surface area contributed by atoms with Gasteiger partial charge in [-0.15, -0.1) is 0 Å². The van der Waals surface area contributed by atoms with Gasteiger partial charge in [0.15, 0.2) is 0 Å². The molecule has 1 aliphatic carbocycles. The maximum atomic E-state index is 2.52. The molecule has 0 heteroatoms. The van der Waals surface area contributed by atoms with Gasteiger partial charge in [0.1, 0.15) is 0 Å². The maximum Gasteiger partial charge on any atom is -0.0318 e. The summed E-state index contributed by atoms with van der Waals surface area (Å²) >= 11 is 0. The van der Waals surface area contributed by atoms with E-state index in [1.165, 1.54) is 32.1 Å². The fraction of sp³-hybridized carbons (Fsp3) is 1.00. The second-order valence-corrected chi connectivity index (χ2v) is 8.25. The average molecular weight is 238 g/mol. The van der Waals surface area contributed by atoms with Crippen molar-refractivity contribution in [3.8, 4) is 0 Å². The van der Waals surface area contributed by atoms with Gasteiger partial charge >= 0.3 is 0 Å². The average Bonchev–Trinajstić information content (AvgIpc) is 2.57. The van der Waals surface area contributed by atoms with E-state index in [4.69, 9.17) is 0 Å². The topological polar surface area (TPSA) is 0 Å². The molecule has 17 heavy (non-hydrogen) atoms. The first-order valence-corrected chi connectivity index (χ1v) is 7.69. The van der Waals surface area contributed by atoms with Gasteiger partial charge < -0.3 is 0 Å². The van der Waals surface area contributed by atoms with Crippen molar-refractivity contribution in [3.05, 3.63) is 0 Å². The van der Waals surface area contributed by atoms with E-state index >= 15 is 0 Å². The molecule has 0 amide bonds. The van der Waals surface area contributed by atoms with Crippen molar-refractivity contribution in [2.45, 2.75) is 80.6 Å². The highest BCUT2D eigenvalue weighted by molar-refractivity contribution is 4.92. The first-order valence-electron chi connectivity index (χ1n) is 7.69. The van der Waals surface area contributed by atoms with Gasteiger partial charge in [-0.05, 0) is 47.8 Å². The third kappa shape index (κ3) is 4.00. The molecule has 1 rings (SSSR count). The van der Waals surface area contributed by atoms with E-state index in [-0.39, 0.29) is 0 Å². The Morgan fingerprint density at radius 2 is 1.47 bits per heavy atom. The van der Waals surface area contributed by atoms with Crippen LogP contribution in [0.5, 0.6) is 0 Å². The van der Waals surface area contributed by atoms with Crippen LogP contribution < -0.4 is 0 Å². The molecule has 0 aromatic rings. The maximum absolute atomic E-state index is 2.52. The number of rotatable bonds is 4. The summed E-state index contributed by atoms with van der Waals surface area (Å²) in [4.78, 5) is 0. The predicted octanol–water partition coefficient (Wildman–Crippen LogP) is 5.91. The van der Waals surface area contributed by atoms with Gasteiger partial charge in [0.2, 0.25) is 0 Å². The lowest BCUT2D eigenvalue weighted by Crippen LogP contribution is -2.31. The van der Waals surface area contributed by atoms with E-state index in [2.05, 4.69) is 48.5 Å². The third-order valence-electron chi connectivity index (χ3n) is 4.88. The van der Waals surface area contributed by atoms with E-state index in [0.717, 1.165) is 17.8 Å². The minimum atomic E-state index is 0.464. The first kappa shape index (κ1) is 15.1. The normalized spacial score (nSPS) is 30.9. The minimum Gasteiger partial charge on any atom is -0.0651 e. The third-order valence-corrected chi connectivity index (χ3v) is 4.88. The van der Waals surface area contributed by atoms with Crippen LogP contribution in [0.15, 0.2) is 0 Å². The Morgan fingerprint density at radius 1 is 0.882 bits per heavy atom. The zero-order valence-corrected chi connectivity index (χ0v) is 13.3. The van der Waals surface area contributed by atoms with Gasteiger partial charge in [0.05, 0.1) is 0 Å². The van der Waals surface area contributed by atoms with Gasteiger partial charge in [-0.2, -0.15) is 0 Å². The molecule has 0 spiro atoms. The largest absolute Gasteiger partial charge is 0.0651 e. The molecule has 0 bridgehead atoms. The van der Waals surface area contributed by atoms with Crippen LogP contribution in [-0.2, 0) is 0 Å². The van der Waals surface area contributed by atoms with Crippen LogP contribution in [0, 0.1) is 28.6 Å². The zero-order valence-electron chi connectivity index (χ0n) is 13.3. The first-order chi connectivity index (χ1) is 7.69. The second kappa shape index (κ2) is 5.33. The minimum absolute atomic E-state index is 0.464. The fourth-order valence-electron chi connectivity index (χ4n) is 4.48. The van der Waals surface area contributed by atoms with Gasteiger partial charge in [-0.3, -0.25) is 0 Å². The van der Waals surface area contributed by atoms with Crippen molar-refractivity contribution in [1.82, 2.24) is 0 Å². The van der Waals surface area contributed by atoms with E-state index in [1.54, 1.807) is 0 Å². The summed E-state index contributed by atoms with van der Waals surface area (Å²) in [6.45, 7) is 17.0. The summed E-state index contributed by atoms with van der Waals surface area (Å²) in [6.07, 6.45) is 7.11. The summed E-state index contributed by atoms with van der Waals surface area (Å²) in [7, 11) is 0. The van der Waals surface area contributed by atoms with Gasteiger partial charge in [0.25, 0.3) is 0 Å². The van der Waals surface area contributed by atoms with Crippen molar-refractivity contribution in [2.24, 2.45) is 28.6 Å². The Balaban J connectivity index is 2.75. The lowest BCUT2D eigenvalue weighted by molar-refractivity contribution is 0.0981. The fourth-order valence-corrected chi connectivity index (χ4v) is 4.48. The summed E-state index contributed by atoms with van der Waals surface area (Å²) in [5.41, 5.74) is 0.981. The molecule has 1 saturated carbocycles. The molecular weight excluding hydrogens is 204 g/mol. The molecule has 0 nitrogen and oxygen atoms in total. The molecular formula is C17H34. The van der Waals surface area contributed by atoms with Gasteiger partial charge in [-0.1, -0.05) is 61.3 Å². The molecule has 0 saturated heterocycles. The SMILES string of the molecule is CCC1CC(CC)C(C(C)(C)CC(C)(C)C)C1. The summed E-state index contributed by atoms with van der Waals surface area (Å²) in [5.74, 6) is 2.94. The van der Waals surface area contributed by atoms with Crippen LogP contribution in [0.4, 0.5) is 0 Å². The van der Waals surface area contributed by atoms with E-state index in [9.17, 15) is 0 Å².